The Balaban J connectivity index is 1.08. The van der Waals surface area contributed by atoms with Crippen LogP contribution in [-0.4, -0.2) is 71.6 Å². The van der Waals surface area contributed by atoms with E-state index in [0.717, 1.165) is 67.9 Å². The second kappa shape index (κ2) is 12.5. The van der Waals surface area contributed by atoms with Crippen LogP contribution in [0.3, 0.4) is 0 Å². The Morgan fingerprint density at radius 3 is 2.33 bits per heavy atom. The fraction of sp³-hybridized carbons (Fsp3) is 0.444. The molecule has 3 fully saturated rings. The number of para-hydroxylation sites is 2. The molecular formula is C36H40F3N5O3S. The molecule has 0 saturated carbocycles. The molecular weight excluding hydrogens is 639 g/mol. The third kappa shape index (κ3) is 6.20. The van der Waals surface area contributed by atoms with Gasteiger partial charge in [0.2, 0.25) is 10.0 Å². The second-order valence-electron chi connectivity index (χ2n) is 13.8. The zero-order chi connectivity index (χ0) is 33.8. The van der Waals surface area contributed by atoms with E-state index in [1.54, 1.807) is 12.1 Å². The molecule has 12 heteroatoms. The Bertz CT molecular complexity index is 1960. The summed E-state index contributed by atoms with van der Waals surface area (Å²) in [5.41, 5.74) is 1.83. The van der Waals surface area contributed by atoms with Gasteiger partial charge >= 0.3 is 0 Å². The van der Waals surface area contributed by atoms with E-state index in [1.165, 1.54) is 16.5 Å². The standard InChI is InChI=1S/C36H40F3N5O3S/c1-23-40-32-8-3-4-9-34(32)44(23)28-19-26-10-11-27(20-28)43(26)17-14-36(24-6-5-7-25(37)18-24)12-15-42(16-13-36)35(45)29-21-33(41-48(2,46)47)31(39)22-30(29)38/h3-9,18,21-22,26-28,41H,10-17,19-20H2,1-2H3/t26-,27+,28+. The first-order valence-electron chi connectivity index (χ1n) is 16.6. The zero-order valence-corrected chi connectivity index (χ0v) is 27.9. The molecule has 3 aromatic carbocycles. The second-order valence-corrected chi connectivity index (χ2v) is 15.5. The van der Waals surface area contributed by atoms with Gasteiger partial charge in [-0.05, 0) is 99.7 Å². The molecule has 1 N–H and O–H groups in total. The molecule has 7 rings (SSSR count). The molecule has 4 heterocycles. The molecule has 8 nitrogen and oxygen atoms in total. The van der Waals surface area contributed by atoms with Crippen LogP contribution >= 0.6 is 0 Å². The first kappa shape index (κ1) is 32.6. The van der Waals surface area contributed by atoms with E-state index in [-0.39, 0.29) is 5.82 Å². The maximum absolute atomic E-state index is 14.8. The smallest absolute Gasteiger partial charge is 0.256 e. The van der Waals surface area contributed by atoms with Crippen LogP contribution in [0, 0.1) is 24.4 Å². The van der Waals surface area contributed by atoms with Crippen molar-refractivity contribution in [3.63, 3.8) is 0 Å². The van der Waals surface area contributed by atoms with Crippen molar-refractivity contribution in [2.24, 2.45) is 0 Å². The summed E-state index contributed by atoms with van der Waals surface area (Å²) in [5.74, 6) is -2.07. The largest absolute Gasteiger partial charge is 0.338 e. The quantitative estimate of drug-likeness (QED) is 0.228. The van der Waals surface area contributed by atoms with Crippen LogP contribution in [0.15, 0.2) is 60.7 Å². The number of nitrogens with zero attached hydrogens (tertiary/aromatic N) is 4. The van der Waals surface area contributed by atoms with Crippen molar-refractivity contribution in [1.29, 1.82) is 0 Å². The van der Waals surface area contributed by atoms with E-state index in [4.69, 9.17) is 4.98 Å². The van der Waals surface area contributed by atoms with Crippen molar-refractivity contribution in [3.05, 3.63) is 95.1 Å². The van der Waals surface area contributed by atoms with Gasteiger partial charge in [0.15, 0.2) is 0 Å². The number of anilines is 1. The minimum atomic E-state index is -3.85. The van der Waals surface area contributed by atoms with E-state index in [0.29, 0.717) is 50.1 Å². The van der Waals surface area contributed by atoms with Crippen molar-refractivity contribution in [1.82, 2.24) is 19.4 Å². The number of benzene rings is 3. The highest BCUT2D eigenvalue weighted by molar-refractivity contribution is 7.92. The van der Waals surface area contributed by atoms with Crippen LogP contribution in [-0.2, 0) is 15.4 Å². The number of aromatic nitrogens is 2. The fourth-order valence-corrected chi connectivity index (χ4v) is 9.15. The van der Waals surface area contributed by atoms with Gasteiger partial charge in [-0.1, -0.05) is 24.3 Å². The lowest BCUT2D eigenvalue weighted by molar-refractivity contribution is 0.0602. The zero-order valence-electron chi connectivity index (χ0n) is 27.1. The molecule has 1 aromatic heterocycles. The van der Waals surface area contributed by atoms with Gasteiger partial charge in [-0.2, -0.15) is 0 Å². The minimum Gasteiger partial charge on any atom is -0.338 e. The Morgan fingerprint density at radius 2 is 1.65 bits per heavy atom. The van der Waals surface area contributed by atoms with Crippen molar-refractivity contribution >= 4 is 32.7 Å². The van der Waals surface area contributed by atoms with Gasteiger partial charge in [0.1, 0.15) is 23.3 Å². The summed E-state index contributed by atoms with van der Waals surface area (Å²) in [6, 6.07) is 17.7. The van der Waals surface area contributed by atoms with Crippen molar-refractivity contribution in [3.8, 4) is 0 Å². The summed E-state index contributed by atoms with van der Waals surface area (Å²) in [5, 5.41) is 0. The Morgan fingerprint density at radius 1 is 0.938 bits per heavy atom. The van der Waals surface area contributed by atoms with Gasteiger partial charge in [-0.15, -0.1) is 0 Å². The fourth-order valence-electron chi connectivity index (χ4n) is 8.59. The lowest BCUT2D eigenvalue weighted by Gasteiger charge is -2.45. The molecule has 48 heavy (non-hydrogen) atoms. The van der Waals surface area contributed by atoms with Gasteiger partial charge < -0.3 is 9.47 Å². The molecule has 0 radical (unpaired) electrons. The maximum Gasteiger partial charge on any atom is 0.256 e. The third-order valence-electron chi connectivity index (χ3n) is 10.9. The molecule has 2 bridgehead atoms. The summed E-state index contributed by atoms with van der Waals surface area (Å²) < 4.78 is 71.6. The van der Waals surface area contributed by atoms with Gasteiger partial charge in [-0.25, -0.2) is 26.6 Å². The van der Waals surface area contributed by atoms with E-state index < -0.39 is 44.2 Å². The molecule has 4 aromatic rings. The van der Waals surface area contributed by atoms with Gasteiger partial charge in [0.25, 0.3) is 5.91 Å². The molecule has 3 aliphatic heterocycles. The lowest BCUT2D eigenvalue weighted by Crippen LogP contribution is -2.49. The summed E-state index contributed by atoms with van der Waals surface area (Å²) in [6.07, 6.45) is 7.11. The highest BCUT2D eigenvalue weighted by Crippen LogP contribution is 2.45. The first-order valence-corrected chi connectivity index (χ1v) is 18.5. The monoisotopic (exact) mass is 679 g/mol. The SMILES string of the molecule is Cc1nc2ccccc2n1[C@H]1C[C@H]2CC[C@@H](C1)N2CCC1(c2cccc(F)c2)CCN(C(=O)c2cc(NS(C)(=O)=O)c(F)cc2F)CC1. The van der Waals surface area contributed by atoms with E-state index in [9.17, 15) is 26.4 Å². The maximum atomic E-state index is 14.8. The number of halogens is 3. The number of hydrogen-bond donors (Lipinski definition) is 1. The normalized spacial score (nSPS) is 22.7. The molecule has 3 aliphatic rings. The first-order chi connectivity index (χ1) is 22.9. The van der Waals surface area contributed by atoms with E-state index in [2.05, 4.69) is 34.6 Å². The number of aryl methyl sites for hydroxylation is 1. The highest BCUT2D eigenvalue weighted by Gasteiger charge is 2.44. The predicted octanol–water partition coefficient (Wildman–Crippen LogP) is 6.57. The predicted molar refractivity (Wildman–Crippen MR) is 179 cm³/mol. The number of rotatable bonds is 8. The Labute approximate surface area is 279 Å². The number of carbonyl (C=O) groups is 1. The minimum absolute atomic E-state index is 0.295. The number of likely N-dealkylation sites (tertiary alicyclic amines) is 1. The van der Waals surface area contributed by atoms with Gasteiger partial charge in [0, 0.05) is 37.3 Å². The number of imidazole rings is 1. The van der Waals surface area contributed by atoms with Gasteiger partial charge in [-0.3, -0.25) is 14.4 Å². The number of piperidine rings is 2. The molecule has 1 amide bonds. The average Bonchev–Trinajstić information content (AvgIpc) is 3.50. The van der Waals surface area contributed by atoms with Crippen LogP contribution in [0.1, 0.15) is 72.7 Å². The molecule has 3 saturated heterocycles. The molecule has 0 unspecified atom stereocenters. The summed E-state index contributed by atoms with van der Waals surface area (Å²) in [7, 11) is -3.85. The number of fused-ring (bicyclic) bond motifs is 3. The summed E-state index contributed by atoms with van der Waals surface area (Å²) >= 11 is 0. The lowest BCUT2D eigenvalue weighted by atomic mass is 9.70. The van der Waals surface area contributed by atoms with Crippen LogP contribution in [0.4, 0.5) is 18.9 Å². The Hall–Kier alpha value is -3.90. The summed E-state index contributed by atoms with van der Waals surface area (Å²) in [6.45, 7) is 3.53. The number of sulfonamides is 1. The summed E-state index contributed by atoms with van der Waals surface area (Å²) in [4.78, 5) is 22.5. The van der Waals surface area contributed by atoms with Crippen LogP contribution in [0.25, 0.3) is 11.0 Å². The number of hydrogen-bond acceptors (Lipinski definition) is 5. The molecule has 0 spiro atoms. The van der Waals surface area contributed by atoms with E-state index >= 15 is 0 Å². The topological polar surface area (TPSA) is 87.5 Å². The van der Waals surface area contributed by atoms with Crippen molar-refractivity contribution < 1.29 is 26.4 Å². The Kier molecular flexibility index (Phi) is 8.52. The molecule has 0 aliphatic carbocycles. The van der Waals surface area contributed by atoms with Crippen LogP contribution < -0.4 is 4.72 Å². The number of nitrogens with one attached hydrogen (secondary N) is 1. The van der Waals surface area contributed by atoms with Crippen molar-refractivity contribution in [2.45, 2.75) is 75.4 Å². The average molecular weight is 680 g/mol. The van der Waals surface area contributed by atoms with Gasteiger partial charge in [0.05, 0.1) is 28.5 Å². The third-order valence-corrected chi connectivity index (χ3v) is 11.5. The highest BCUT2D eigenvalue weighted by atomic mass is 32.2. The van der Waals surface area contributed by atoms with Crippen LogP contribution in [0.2, 0.25) is 0 Å². The number of amides is 1. The van der Waals surface area contributed by atoms with Crippen LogP contribution in [0.5, 0.6) is 0 Å². The number of carbonyl (C=O) groups excluding carboxylic acids is 1. The molecule has 3 atom stereocenters. The van der Waals surface area contributed by atoms with E-state index in [1.807, 2.05) is 16.9 Å². The molecule has 254 valence electrons. The van der Waals surface area contributed by atoms with Crippen molar-refractivity contribution in [2.75, 3.05) is 30.6 Å².